The minimum Gasteiger partial charge on any atom is -0.481 e. The number of benzene rings is 2. The van der Waals surface area contributed by atoms with E-state index in [-0.39, 0.29) is 5.92 Å². The summed E-state index contributed by atoms with van der Waals surface area (Å²) in [4.78, 5) is 13.7. The van der Waals surface area contributed by atoms with Gasteiger partial charge in [-0.2, -0.15) is 0 Å². The maximum atomic E-state index is 11.4. The van der Waals surface area contributed by atoms with Crippen molar-refractivity contribution in [2.75, 3.05) is 0 Å². The lowest BCUT2D eigenvalue weighted by Crippen LogP contribution is -2.22. The highest BCUT2D eigenvalue weighted by Gasteiger charge is 2.33. The van der Waals surface area contributed by atoms with Gasteiger partial charge in [0.1, 0.15) is 0 Å². The quantitative estimate of drug-likeness (QED) is 0.896. The Kier molecular flexibility index (Phi) is 3.07. The van der Waals surface area contributed by atoms with Gasteiger partial charge >= 0.3 is 5.97 Å². The molecule has 3 heteroatoms. The van der Waals surface area contributed by atoms with Crippen LogP contribution in [0.25, 0.3) is 0 Å². The summed E-state index contributed by atoms with van der Waals surface area (Å²) in [6.45, 7) is 1.79. The summed E-state index contributed by atoms with van der Waals surface area (Å²) in [5.74, 6) is -1.24. The van der Waals surface area contributed by atoms with Gasteiger partial charge in [0.25, 0.3) is 0 Å². The maximum Gasteiger partial charge on any atom is 0.307 e. The van der Waals surface area contributed by atoms with Crippen molar-refractivity contribution in [2.24, 2.45) is 5.92 Å². The Morgan fingerprint density at radius 3 is 2.00 bits per heavy atom. The summed E-state index contributed by atoms with van der Waals surface area (Å²) in [6.07, 6.45) is 0. The molecule has 2 aromatic rings. The Morgan fingerprint density at radius 2 is 1.53 bits per heavy atom. The van der Waals surface area contributed by atoms with Gasteiger partial charge in [0.2, 0.25) is 0 Å². The smallest absolute Gasteiger partial charge is 0.307 e. The van der Waals surface area contributed by atoms with E-state index in [1.807, 2.05) is 36.4 Å². The van der Waals surface area contributed by atoms with Crippen molar-refractivity contribution in [3.8, 4) is 0 Å². The Morgan fingerprint density at radius 1 is 1.05 bits per heavy atom. The molecular weight excluding hydrogens is 256 g/mol. The molecule has 1 unspecified atom stereocenters. The van der Waals surface area contributed by atoms with Crippen molar-refractivity contribution in [1.82, 2.24) is 0 Å². The van der Waals surface area contributed by atoms with Gasteiger partial charge in [-0.15, -0.1) is 0 Å². The lowest BCUT2D eigenvalue weighted by Gasteiger charge is -2.30. The average Bonchev–Trinajstić information content (AvgIpc) is 2.43. The molecule has 96 valence electrons. The minimum absolute atomic E-state index is 0.0637. The molecule has 0 aliphatic carbocycles. The first-order valence-electron chi connectivity index (χ1n) is 6.27. The molecule has 0 saturated heterocycles. The Hall–Kier alpha value is -1.74. The molecule has 0 aromatic heterocycles. The van der Waals surface area contributed by atoms with Crippen molar-refractivity contribution in [1.29, 1.82) is 0 Å². The van der Waals surface area contributed by atoms with E-state index in [0.29, 0.717) is 0 Å². The van der Waals surface area contributed by atoms with Crippen molar-refractivity contribution in [3.63, 3.8) is 0 Å². The van der Waals surface area contributed by atoms with Crippen LogP contribution in [0.3, 0.4) is 0 Å². The lowest BCUT2D eigenvalue weighted by molar-refractivity contribution is -0.141. The Bertz CT molecular complexity index is 591. The van der Waals surface area contributed by atoms with Crippen LogP contribution in [0.4, 0.5) is 0 Å². The average molecular weight is 270 g/mol. The molecule has 0 saturated carbocycles. The zero-order valence-electron chi connectivity index (χ0n) is 10.5. The summed E-state index contributed by atoms with van der Waals surface area (Å²) in [5.41, 5.74) is 2.25. The van der Waals surface area contributed by atoms with E-state index >= 15 is 0 Å². The number of rotatable bonds is 2. The van der Waals surface area contributed by atoms with Crippen LogP contribution in [0.15, 0.2) is 58.3 Å². The van der Waals surface area contributed by atoms with Gasteiger partial charge in [-0.25, -0.2) is 0 Å². The molecule has 0 spiro atoms. The lowest BCUT2D eigenvalue weighted by atomic mass is 9.81. The fourth-order valence-electron chi connectivity index (χ4n) is 2.63. The fraction of sp³-hybridized carbons (Fsp3) is 0.188. The van der Waals surface area contributed by atoms with Gasteiger partial charge in [0.15, 0.2) is 0 Å². The summed E-state index contributed by atoms with van der Waals surface area (Å²) >= 11 is 1.72. The van der Waals surface area contributed by atoms with Gasteiger partial charge < -0.3 is 5.11 Å². The topological polar surface area (TPSA) is 37.3 Å². The number of carboxylic acid groups (broad SMARTS) is 1. The van der Waals surface area contributed by atoms with Crippen LogP contribution in [0.1, 0.15) is 24.0 Å². The fourth-order valence-corrected chi connectivity index (χ4v) is 3.78. The number of hydrogen-bond donors (Lipinski definition) is 1. The number of hydrogen-bond acceptors (Lipinski definition) is 2. The van der Waals surface area contributed by atoms with E-state index in [1.165, 1.54) is 9.79 Å². The molecule has 0 radical (unpaired) electrons. The molecule has 2 nitrogen and oxygen atoms in total. The van der Waals surface area contributed by atoms with E-state index < -0.39 is 11.9 Å². The third-order valence-electron chi connectivity index (χ3n) is 3.62. The van der Waals surface area contributed by atoms with E-state index in [1.54, 1.807) is 18.7 Å². The van der Waals surface area contributed by atoms with Gasteiger partial charge in [-0.1, -0.05) is 55.1 Å². The van der Waals surface area contributed by atoms with Crippen LogP contribution in [0, 0.1) is 5.92 Å². The maximum absolute atomic E-state index is 11.4. The second kappa shape index (κ2) is 4.74. The van der Waals surface area contributed by atoms with Crippen molar-refractivity contribution in [3.05, 3.63) is 59.7 Å². The van der Waals surface area contributed by atoms with Crippen molar-refractivity contribution < 1.29 is 9.90 Å². The van der Waals surface area contributed by atoms with E-state index in [9.17, 15) is 9.90 Å². The predicted molar refractivity (Wildman–Crippen MR) is 75.6 cm³/mol. The minimum atomic E-state index is -0.749. The standard InChI is InChI=1S/C16H14O2S/c1-10(16(17)18)15-11-6-2-4-8-13(11)19-14-9-5-3-7-12(14)15/h2-10,15H,1H3,(H,17,18). The van der Waals surface area contributed by atoms with Gasteiger partial charge in [-0.3, -0.25) is 4.79 Å². The molecule has 3 rings (SSSR count). The molecule has 1 aliphatic rings. The van der Waals surface area contributed by atoms with E-state index in [2.05, 4.69) is 12.1 Å². The highest BCUT2D eigenvalue weighted by atomic mass is 32.2. The van der Waals surface area contributed by atoms with Crippen LogP contribution < -0.4 is 0 Å². The number of aliphatic carboxylic acids is 1. The molecule has 1 atom stereocenters. The van der Waals surface area contributed by atoms with Crippen molar-refractivity contribution in [2.45, 2.75) is 22.6 Å². The summed E-state index contributed by atoms with van der Waals surface area (Å²) in [6, 6.07) is 16.2. The Balaban J connectivity index is 2.19. The van der Waals surface area contributed by atoms with Gasteiger partial charge in [0.05, 0.1) is 5.92 Å². The largest absolute Gasteiger partial charge is 0.481 e. The first kappa shape index (κ1) is 12.3. The van der Waals surface area contributed by atoms with Gasteiger partial charge in [0, 0.05) is 15.7 Å². The first-order valence-corrected chi connectivity index (χ1v) is 7.08. The first-order chi connectivity index (χ1) is 9.18. The molecule has 1 heterocycles. The third kappa shape index (κ3) is 2.04. The third-order valence-corrected chi connectivity index (χ3v) is 4.80. The summed E-state index contributed by atoms with van der Waals surface area (Å²) < 4.78 is 0. The number of carbonyl (C=O) groups is 1. The SMILES string of the molecule is CC(C(=O)O)C1c2ccccc2Sc2ccccc21. The molecule has 0 fully saturated rings. The van der Waals surface area contributed by atoms with Crippen LogP contribution in [-0.2, 0) is 4.79 Å². The van der Waals surface area contributed by atoms with Crippen LogP contribution in [0.2, 0.25) is 0 Å². The highest BCUT2D eigenvalue weighted by molar-refractivity contribution is 7.99. The molecule has 19 heavy (non-hydrogen) atoms. The summed E-state index contributed by atoms with van der Waals surface area (Å²) in [5, 5.41) is 9.38. The van der Waals surface area contributed by atoms with Gasteiger partial charge in [-0.05, 0) is 23.3 Å². The second-order valence-corrected chi connectivity index (χ2v) is 5.87. The molecule has 1 aliphatic heterocycles. The molecule has 0 amide bonds. The van der Waals surface area contributed by atoms with E-state index in [0.717, 1.165) is 11.1 Å². The molecule has 2 aromatic carbocycles. The van der Waals surface area contributed by atoms with Crippen LogP contribution in [0.5, 0.6) is 0 Å². The zero-order chi connectivity index (χ0) is 13.4. The highest BCUT2D eigenvalue weighted by Crippen LogP contribution is 2.48. The monoisotopic (exact) mass is 270 g/mol. The van der Waals surface area contributed by atoms with Crippen molar-refractivity contribution >= 4 is 17.7 Å². The van der Waals surface area contributed by atoms with E-state index in [4.69, 9.17) is 0 Å². The molecule has 0 bridgehead atoms. The summed E-state index contributed by atoms with van der Waals surface area (Å²) in [7, 11) is 0. The predicted octanol–water partition coefficient (Wildman–Crippen LogP) is 4.00. The Labute approximate surface area is 116 Å². The number of carboxylic acids is 1. The van der Waals surface area contributed by atoms with Crippen LogP contribution >= 0.6 is 11.8 Å². The molecule has 1 N–H and O–H groups in total. The van der Waals surface area contributed by atoms with Crippen LogP contribution in [-0.4, -0.2) is 11.1 Å². The zero-order valence-corrected chi connectivity index (χ0v) is 11.4. The molecular formula is C16H14O2S. The number of fused-ring (bicyclic) bond motifs is 2. The second-order valence-electron chi connectivity index (χ2n) is 4.78. The normalized spacial score (nSPS) is 15.4.